The summed E-state index contributed by atoms with van der Waals surface area (Å²) in [6.45, 7) is 4.94. The largest absolute Gasteiger partial charge is 0.481 e. The maximum atomic E-state index is 13.2. The minimum atomic E-state index is -0.869. The molecule has 2 N–H and O–H groups in total. The Hall–Kier alpha value is -2.74. The number of amides is 1. The molecule has 2 saturated heterocycles. The molecular weight excluding hydrogens is 346 g/mol. The lowest BCUT2D eigenvalue weighted by atomic mass is 9.81. The van der Waals surface area contributed by atoms with Crippen molar-refractivity contribution in [2.75, 3.05) is 32.7 Å². The number of fused-ring (bicyclic) bond motifs is 1. The van der Waals surface area contributed by atoms with E-state index in [9.17, 15) is 14.7 Å². The van der Waals surface area contributed by atoms with Gasteiger partial charge in [0.15, 0.2) is 5.82 Å². The second-order valence-electron chi connectivity index (χ2n) is 7.46. The van der Waals surface area contributed by atoms with Crippen LogP contribution in [-0.4, -0.2) is 74.7 Å². The Kier molecular flexibility index (Phi) is 4.43. The summed E-state index contributed by atoms with van der Waals surface area (Å²) in [4.78, 5) is 33.4. The standard InChI is InChI=1S/C19H23N5O3/c1-2-7-23-8-13-9-24(11-19(13,10-23)18(26)27)17(25)15-6-4-3-5-14(15)16-20-12-21-22-16/h3-6,12-13H,2,7-11H2,1H3,(H,26,27)(H,20,21,22)/t13?,19-/m0/s1. The van der Waals surface area contributed by atoms with Gasteiger partial charge in [-0.1, -0.05) is 25.1 Å². The summed E-state index contributed by atoms with van der Waals surface area (Å²) in [6.07, 6.45) is 2.40. The zero-order valence-electron chi connectivity index (χ0n) is 15.3. The molecule has 0 bridgehead atoms. The van der Waals surface area contributed by atoms with E-state index in [4.69, 9.17) is 0 Å². The van der Waals surface area contributed by atoms with Gasteiger partial charge < -0.3 is 14.9 Å². The minimum Gasteiger partial charge on any atom is -0.481 e. The van der Waals surface area contributed by atoms with Gasteiger partial charge >= 0.3 is 5.97 Å². The smallest absolute Gasteiger partial charge is 0.313 e. The number of hydrogen-bond acceptors (Lipinski definition) is 5. The predicted molar refractivity (Wildman–Crippen MR) is 98.0 cm³/mol. The van der Waals surface area contributed by atoms with Crippen molar-refractivity contribution in [1.82, 2.24) is 25.0 Å². The molecule has 0 saturated carbocycles. The van der Waals surface area contributed by atoms with Crippen molar-refractivity contribution in [3.8, 4) is 11.4 Å². The van der Waals surface area contributed by atoms with Crippen molar-refractivity contribution in [1.29, 1.82) is 0 Å². The summed E-state index contributed by atoms with van der Waals surface area (Å²) in [5.41, 5.74) is 0.320. The summed E-state index contributed by atoms with van der Waals surface area (Å²) in [5, 5.41) is 16.6. The van der Waals surface area contributed by atoms with Gasteiger partial charge in [-0.2, -0.15) is 5.10 Å². The zero-order chi connectivity index (χ0) is 19.0. The summed E-state index contributed by atoms with van der Waals surface area (Å²) in [7, 11) is 0. The first-order valence-corrected chi connectivity index (χ1v) is 9.25. The number of likely N-dealkylation sites (tertiary alicyclic amines) is 2. The average Bonchev–Trinajstić information content (AvgIpc) is 3.36. The number of aromatic amines is 1. The monoisotopic (exact) mass is 369 g/mol. The number of carboxylic acids is 1. The van der Waals surface area contributed by atoms with Crippen LogP contribution in [0.25, 0.3) is 11.4 Å². The normalized spacial score (nSPS) is 24.9. The van der Waals surface area contributed by atoms with Crippen LogP contribution < -0.4 is 0 Å². The Morgan fingerprint density at radius 2 is 2.11 bits per heavy atom. The van der Waals surface area contributed by atoms with E-state index in [2.05, 4.69) is 27.0 Å². The van der Waals surface area contributed by atoms with E-state index < -0.39 is 11.4 Å². The molecule has 1 aromatic heterocycles. The number of rotatable bonds is 5. The van der Waals surface area contributed by atoms with Gasteiger partial charge in [0.05, 0.1) is 5.56 Å². The number of benzene rings is 1. The van der Waals surface area contributed by atoms with Gasteiger partial charge in [0.2, 0.25) is 0 Å². The fourth-order valence-corrected chi connectivity index (χ4v) is 4.49. The zero-order valence-corrected chi connectivity index (χ0v) is 15.3. The third kappa shape index (κ3) is 2.90. The highest BCUT2D eigenvalue weighted by molar-refractivity contribution is 6.00. The van der Waals surface area contributed by atoms with E-state index in [0.29, 0.717) is 30.0 Å². The highest BCUT2D eigenvalue weighted by atomic mass is 16.4. The molecule has 2 aromatic rings. The van der Waals surface area contributed by atoms with Crippen molar-refractivity contribution in [2.24, 2.45) is 11.3 Å². The molecule has 0 spiro atoms. The van der Waals surface area contributed by atoms with Crippen LogP contribution in [-0.2, 0) is 4.79 Å². The lowest BCUT2D eigenvalue weighted by molar-refractivity contribution is -0.148. The van der Waals surface area contributed by atoms with Crippen LogP contribution >= 0.6 is 0 Å². The van der Waals surface area contributed by atoms with E-state index in [1.165, 1.54) is 6.33 Å². The second kappa shape index (κ2) is 6.77. The summed E-state index contributed by atoms with van der Waals surface area (Å²) >= 11 is 0. The first kappa shape index (κ1) is 17.7. The lowest BCUT2D eigenvalue weighted by Gasteiger charge is -2.25. The van der Waals surface area contributed by atoms with Crippen LogP contribution in [0.3, 0.4) is 0 Å². The maximum Gasteiger partial charge on any atom is 0.313 e. The Labute approximate surface area is 157 Å². The Balaban J connectivity index is 1.60. The van der Waals surface area contributed by atoms with Gasteiger partial charge in [-0.25, -0.2) is 4.98 Å². The maximum absolute atomic E-state index is 13.2. The van der Waals surface area contributed by atoms with Gasteiger partial charge in [-0.15, -0.1) is 0 Å². The number of aliphatic carboxylic acids is 1. The van der Waals surface area contributed by atoms with Crippen molar-refractivity contribution < 1.29 is 14.7 Å². The molecule has 4 rings (SSSR count). The number of hydrogen-bond donors (Lipinski definition) is 2. The van der Waals surface area contributed by atoms with E-state index >= 15 is 0 Å². The van der Waals surface area contributed by atoms with Gasteiger partial charge in [0, 0.05) is 37.7 Å². The molecule has 8 nitrogen and oxygen atoms in total. The van der Waals surface area contributed by atoms with E-state index in [-0.39, 0.29) is 18.4 Å². The van der Waals surface area contributed by atoms with Gasteiger partial charge in [0.25, 0.3) is 5.91 Å². The molecule has 2 fully saturated rings. The quantitative estimate of drug-likeness (QED) is 0.825. The van der Waals surface area contributed by atoms with E-state index in [1.54, 1.807) is 17.0 Å². The van der Waals surface area contributed by atoms with Crippen LogP contribution in [0.5, 0.6) is 0 Å². The highest BCUT2D eigenvalue weighted by Gasteiger charge is 2.58. The average molecular weight is 369 g/mol. The first-order chi connectivity index (χ1) is 13.0. The molecule has 2 aliphatic rings. The number of nitrogens with zero attached hydrogens (tertiary/aromatic N) is 4. The minimum absolute atomic E-state index is 0.0389. The molecule has 1 amide bonds. The third-order valence-electron chi connectivity index (χ3n) is 5.76. The Morgan fingerprint density at radius 3 is 2.78 bits per heavy atom. The number of carbonyl (C=O) groups excluding carboxylic acids is 1. The fraction of sp³-hybridized carbons (Fsp3) is 0.474. The van der Waals surface area contributed by atoms with Crippen LogP contribution in [0, 0.1) is 11.3 Å². The molecule has 2 atom stereocenters. The molecule has 3 heterocycles. The molecule has 8 heteroatoms. The topological polar surface area (TPSA) is 102 Å². The summed E-state index contributed by atoms with van der Waals surface area (Å²) in [6, 6.07) is 7.22. The van der Waals surface area contributed by atoms with Crippen LogP contribution in [0.2, 0.25) is 0 Å². The molecule has 27 heavy (non-hydrogen) atoms. The van der Waals surface area contributed by atoms with Gasteiger partial charge in [-0.3, -0.25) is 14.7 Å². The van der Waals surface area contributed by atoms with E-state index in [1.807, 2.05) is 12.1 Å². The highest BCUT2D eigenvalue weighted by Crippen LogP contribution is 2.43. The molecule has 0 aliphatic carbocycles. The Morgan fingerprint density at radius 1 is 1.30 bits per heavy atom. The SMILES string of the molecule is CCCN1CC2CN(C(=O)c3ccccc3-c3ncn[nH]3)C[C@@]2(C(=O)O)C1. The number of nitrogens with one attached hydrogen (secondary N) is 1. The van der Waals surface area contributed by atoms with Crippen molar-refractivity contribution in [3.05, 3.63) is 36.2 Å². The first-order valence-electron chi connectivity index (χ1n) is 9.25. The summed E-state index contributed by atoms with van der Waals surface area (Å²) < 4.78 is 0. The number of carbonyl (C=O) groups is 2. The van der Waals surface area contributed by atoms with Crippen molar-refractivity contribution >= 4 is 11.9 Å². The van der Waals surface area contributed by atoms with Gasteiger partial charge in [-0.05, 0) is 19.0 Å². The number of H-pyrrole nitrogens is 1. The third-order valence-corrected chi connectivity index (χ3v) is 5.76. The van der Waals surface area contributed by atoms with E-state index in [0.717, 1.165) is 19.5 Å². The van der Waals surface area contributed by atoms with Crippen LogP contribution in [0.1, 0.15) is 23.7 Å². The molecule has 1 aromatic carbocycles. The second-order valence-corrected chi connectivity index (χ2v) is 7.46. The van der Waals surface area contributed by atoms with Crippen LogP contribution in [0.15, 0.2) is 30.6 Å². The number of aromatic nitrogens is 3. The van der Waals surface area contributed by atoms with Crippen molar-refractivity contribution in [3.63, 3.8) is 0 Å². The summed E-state index contributed by atoms with van der Waals surface area (Å²) in [5.74, 6) is -0.465. The molecular formula is C19H23N5O3. The predicted octanol–water partition coefficient (Wildman–Crippen LogP) is 1.34. The number of carboxylic acid groups (broad SMARTS) is 1. The molecule has 142 valence electrons. The molecule has 2 aliphatic heterocycles. The molecule has 0 radical (unpaired) electrons. The van der Waals surface area contributed by atoms with Crippen molar-refractivity contribution in [2.45, 2.75) is 13.3 Å². The lowest BCUT2D eigenvalue weighted by Crippen LogP contribution is -2.42. The van der Waals surface area contributed by atoms with Crippen LogP contribution in [0.4, 0.5) is 0 Å². The van der Waals surface area contributed by atoms with Gasteiger partial charge in [0.1, 0.15) is 11.7 Å². The Bertz CT molecular complexity index is 853. The fourth-order valence-electron chi connectivity index (χ4n) is 4.49. The molecule has 1 unspecified atom stereocenters.